The van der Waals surface area contributed by atoms with Crippen LogP contribution in [0.4, 0.5) is 5.82 Å². The molecule has 150 valence electrons. The van der Waals surface area contributed by atoms with Gasteiger partial charge in [0.05, 0.1) is 0 Å². The molecule has 8 heteroatoms. The van der Waals surface area contributed by atoms with E-state index in [1.54, 1.807) is 16.4 Å². The van der Waals surface area contributed by atoms with E-state index in [-0.39, 0.29) is 9.64 Å². The largest absolute Gasteiger partial charge is 0.369 e. The summed E-state index contributed by atoms with van der Waals surface area (Å²) in [5, 5.41) is 3.38. The van der Waals surface area contributed by atoms with Crippen molar-refractivity contribution in [2.75, 3.05) is 45.1 Å². The van der Waals surface area contributed by atoms with Crippen molar-refractivity contribution in [1.29, 1.82) is 0 Å². The van der Waals surface area contributed by atoms with Gasteiger partial charge in [-0.25, -0.2) is 13.4 Å². The fourth-order valence-corrected chi connectivity index (χ4v) is 5.87. The maximum Gasteiger partial charge on any atom is 0.244 e. The van der Waals surface area contributed by atoms with Crippen LogP contribution in [0.15, 0.2) is 58.5 Å². The lowest BCUT2D eigenvalue weighted by atomic mass is 10.4. The van der Waals surface area contributed by atoms with Crippen LogP contribution in [0.1, 0.15) is 12.8 Å². The van der Waals surface area contributed by atoms with E-state index < -0.39 is 10.0 Å². The maximum absolute atomic E-state index is 12.8. The molecule has 0 bridgehead atoms. The molecule has 0 amide bonds. The number of pyridine rings is 1. The molecule has 1 aliphatic heterocycles. The van der Waals surface area contributed by atoms with E-state index in [9.17, 15) is 8.42 Å². The summed E-state index contributed by atoms with van der Waals surface area (Å²) in [6, 6.07) is 13.9. The zero-order valence-corrected chi connectivity index (χ0v) is 17.7. The van der Waals surface area contributed by atoms with Gasteiger partial charge in [0.2, 0.25) is 10.0 Å². The lowest BCUT2D eigenvalue weighted by Gasteiger charge is -2.31. The molecular formula is C20H26N4O2S2. The minimum Gasteiger partial charge on any atom is -0.369 e. The van der Waals surface area contributed by atoms with Crippen molar-refractivity contribution < 1.29 is 8.42 Å². The average molecular weight is 419 g/mol. The Morgan fingerprint density at radius 2 is 1.79 bits per heavy atom. The fourth-order valence-electron chi connectivity index (χ4n) is 3.26. The van der Waals surface area contributed by atoms with E-state index in [0.717, 1.165) is 25.5 Å². The summed E-state index contributed by atoms with van der Waals surface area (Å²) in [5.41, 5.74) is 0. The van der Waals surface area contributed by atoms with E-state index in [1.807, 2.05) is 24.9 Å². The molecule has 2 aliphatic rings. The van der Waals surface area contributed by atoms with Gasteiger partial charge < -0.3 is 10.2 Å². The molecule has 1 N–H and O–H groups in total. The predicted octanol–water partition coefficient (Wildman–Crippen LogP) is 2.75. The first-order chi connectivity index (χ1) is 13.5. The summed E-state index contributed by atoms with van der Waals surface area (Å²) in [6.45, 7) is 3.39. The first-order valence-electron chi connectivity index (χ1n) is 9.60. The molecule has 1 aliphatic carbocycles. The van der Waals surface area contributed by atoms with Crippen molar-refractivity contribution in [3.63, 3.8) is 0 Å². The van der Waals surface area contributed by atoms with Crippen molar-refractivity contribution in [3.8, 4) is 0 Å². The van der Waals surface area contributed by atoms with Gasteiger partial charge in [0, 0.05) is 48.6 Å². The molecule has 2 aromatic rings. The van der Waals surface area contributed by atoms with Crippen LogP contribution in [0.5, 0.6) is 0 Å². The predicted molar refractivity (Wildman–Crippen MR) is 113 cm³/mol. The summed E-state index contributed by atoms with van der Waals surface area (Å²) in [7, 11) is -1.45. The summed E-state index contributed by atoms with van der Waals surface area (Å²) in [4.78, 5) is 8.04. The number of hydrogen-bond donors (Lipinski definition) is 1. The second kappa shape index (κ2) is 8.02. The van der Waals surface area contributed by atoms with Crippen molar-refractivity contribution in [3.05, 3.63) is 48.7 Å². The van der Waals surface area contributed by atoms with Crippen LogP contribution in [0.3, 0.4) is 0 Å². The monoisotopic (exact) mass is 418 g/mol. The minimum absolute atomic E-state index is 0.216. The molecule has 0 unspecified atom stereocenters. The number of sulfonamides is 1. The number of likely N-dealkylation sites (N-methyl/N-ethyl adjacent to an activating group) is 1. The normalized spacial score (nSPS) is 20.0. The third-order valence-electron chi connectivity index (χ3n) is 5.31. The molecule has 1 aromatic carbocycles. The van der Waals surface area contributed by atoms with Crippen LogP contribution in [0.2, 0.25) is 0 Å². The molecule has 1 aromatic heterocycles. The molecular weight excluding hydrogens is 392 g/mol. The Hall–Kier alpha value is -1.61. The third-order valence-corrected chi connectivity index (χ3v) is 8.69. The lowest BCUT2D eigenvalue weighted by molar-refractivity contribution is 0.222. The Bertz CT molecular complexity index is 892. The Morgan fingerprint density at radius 1 is 1.07 bits per heavy atom. The number of rotatable bonds is 7. The molecule has 2 heterocycles. The van der Waals surface area contributed by atoms with Crippen LogP contribution in [-0.4, -0.2) is 67.1 Å². The van der Waals surface area contributed by atoms with E-state index >= 15 is 0 Å². The number of hydrogen-bond acceptors (Lipinski definition) is 6. The van der Waals surface area contributed by atoms with Crippen LogP contribution in [-0.2, 0) is 10.0 Å². The SMILES string of the molecule is CN1CCN(S(=O)(=O)c2ccc(NCC3(Sc4ccccc4)CC3)nc2)CC1. The number of thioether (sulfide) groups is 1. The Balaban J connectivity index is 1.36. The van der Waals surface area contributed by atoms with Crippen molar-refractivity contribution in [2.24, 2.45) is 0 Å². The van der Waals surface area contributed by atoms with Gasteiger partial charge in [0.1, 0.15) is 10.7 Å². The van der Waals surface area contributed by atoms with Gasteiger partial charge in [-0.05, 0) is 44.2 Å². The van der Waals surface area contributed by atoms with Gasteiger partial charge in [-0.1, -0.05) is 18.2 Å². The van der Waals surface area contributed by atoms with Gasteiger partial charge >= 0.3 is 0 Å². The number of anilines is 1. The van der Waals surface area contributed by atoms with Crippen LogP contribution in [0.25, 0.3) is 0 Å². The molecule has 6 nitrogen and oxygen atoms in total. The Morgan fingerprint density at radius 3 is 2.39 bits per heavy atom. The first kappa shape index (κ1) is 19.7. The quantitative estimate of drug-likeness (QED) is 0.746. The molecule has 4 rings (SSSR count). The Labute approximate surface area is 171 Å². The summed E-state index contributed by atoms with van der Waals surface area (Å²) < 4.78 is 27.3. The molecule has 2 fully saturated rings. The third kappa shape index (κ3) is 4.51. The lowest BCUT2D eigenvalue weighted by Crippen LogP contribution is -2.47. The van der Waals surface area contributed by atoms with Gasteiger partial charge in [-0.3, -0.25) is 0 Å². The standard InChI is InChI=1S/C20H26N4O2S2/c1-23-11-13-24(14-12-23)28(25,26)18-7-8-19(21-15-18)22-16-20(9-10-20)27-17-5-3-2-4-6-17/h2-8,15H,9-14,16H2,1H3,(H,21,22). The van der Waals surface area contributed by atoms with Crippen molar-refractivity contribution >= 4 is 27.6 Å². The Kier molecular flexibility index (Phi) is 5.64. The van der Waals surface area contributed by atoms with Gasteiger partial charge in [-0.2, -0.15) is 4.31 Å². The minimum atomic E-state index is -3.46. The van der Waals surface area contributed by atoms with Gasteiger partial charge in [0.15, 0.2) is 0 Å². The second-order valence-electron chi connectivity index (χ2n) is 7.54. The average Bonchev–Trinajstić information content (AvgIpc) is 3.47. The summed E-state index contributed by atoms with van der Waals surface area (Å²) in [5.74, 6) is 0.720. The van der Waals surface area contributed by atoms with Crippen molar-refractivity contribution in [2.45, 2.75) is 27.4 Å². The molecule has 0 spiro atoms. The topological polar surface area (TPSA) is 65.5 Å². The smallest absolute Gasteiger partial charge is 0.244 e. The zero-order chi connectivity index (χ0) is 19.6. The van der Waals surface area contributed by atoms with E-state index in [2.05, 4.69) is 39.5 Å². The summed E-state index contributed by atoms with van der Waals surface area (Å²) >= 11 is 1.91. The highest BCUT2D eigenvalue weighted by molar-refractivity contribution is 8.01. The number of nitrogens with one attached hydrogen (secondary N) is 1. The molecule has 1 saturated carbocycles. The first-order valence-corrected chi connectivity index (χ1v) is 11.9. The molecule has 28 heavy (non-hydrogen) atoms. The van der Waals surface area contributed by atoms with E-state index in [4.69, 9.17) is 0 Å². The second-order valence-corrected chi connectivity index (χ2v) is 11.0. The van der Waals surface area contributed by atoms with E-state index in [0.29, 0.717) is 13.1 Å². The molecule has 0 radical (unpaired) electrons. The highest BCUT2D eigenvalue weighted by Gasteiger charge is 2.43. The number of piperazine rings is 1. The van der Waals surface area contributed by atoms with Gasteiger partial charge in [0.25, 0.3) is 0 Å². The van der Waals surface area contributed by atoms with Crippen LogP contribution in [0, 0.1) is 0 Å². The number of aromatic nitrogens is 1. The highest BCUT2D eigenvalue weighted by Crippen LogP contribution is 2.51. The fraction of sp³-hybridized carbons (Fsp3) is 0.450. The molecule has 0 atom stereocenters. The zero-order valence-electron chi connectivity index (χ0n) is 16.0. The number of nitrogens with zero attached hydrogens (tertiary/aromatic N) is 3. The van der Waals surface area contributed by atoms with Gasteiger partial charge in [-0.15, -0.1) is 11.8 Å². The van der Waals surface area contributed by atoms with E-state index in [1.165, 1.54) is 23.9 Å². The number of benzene rings is 1. The van der Waals surface area contributed by atoms with Crippen molar-refractivity contribution in [1.82, 2.24) is 14.2 Å². The highest BCUT2D eigenvalue weighted by atomic mass is 32.2. The maximum atomic E-state index is 12.8. The molecule has 1 saturated heterocycles. The van der Waals surface area contributed by atoms with Crippen LogP contribution >= 0.6 is 11.8 Å². The summed E-state index contributed by atoms with van der Waals surface area (Å²) in [6.07, 6.45) is 3.82. The van der Waals surface area contributed by atoms with Crippen LogP contribution < -0.4 is 5.32 Å².